The number of halogens is 3. The SMILES string of the molecule is O=C(NC1(c2ccccc2)CCC1)[C@H]1C[C@H]1c1ccccc1C(F)(F)F. The second-order valence-electron chi connectivity index (χ2n) is 7.32. The lowest BCUT2D eigenvalue weighted by atomic mass is 9.71. The lowest BCUT2D eigenvalue weighted by Crippen LogP contribution is -2.51. The molecule has 2 aromatic rings. The zero-order valence-electron chi connectivity index (χ0n) is 14.2. The number of alkyl halides is 3. The molecule has 0 saturated heterocycles. The van der Waals surface area contributed by atoms with E-state index in [9.17, 15) is 18.0 Å². The Morgan fingerprint density at radius 3 is 2.27 bits per heavy atom. The molecule has 2 aliphatic carbocycles. The van der Waals surface area contributed by atoms with Crippen LogP contribution in [0.4, 0.5) is 13.2 Å². The van der Waals surface area contributed by atoms with Crippen molar-refractivity contribution in [3.63, 3.8) is 0 Å². The Labute approximate surface area is 150 Å². The molecule has 0 aliphatic heterocycles. The molecule has 0 spiro atoms. The minimum atomic E-state index is -4.39. The quantitative estimate of drug-likeness (QED) is 0.817. The lowest BCUT2D eigenvalue weighted by Gasteiger charge is -2.43. The largest absolute Gasteiger partial charge is 0.416 e. The summed E-state index contributed by atoms with van der Waals surface area (Å²) in [5, 5.41) is 3.15. The number of carbonyl (C=O) groups excluding carboxylic acids is 1. The molecule has 2 aliphatic rings. The summed E-state index contributed by atoms with van der Waals surface area (Å²) in [4.78, 5) is 12.7. The van der Waals surface area contributed by atoms with Crippen LogP contribution in [-0.4, -0.2) is 5.91 Å². The van der Waals surface area contributed by atoms with Crippen molar-refractivity contribution in [1.29, 1.82) is 0 Å². The topological polar surface area (TPSA) is 29.1 Å². The monoisotopic (exact) mass is 359 g/mol. The van der Waals surface area contributed by atoms with Crippen LogP contribution in [0.1, 0.15) is 48.3 Å². The molecule has 2 fully saturated rings. The van der Waals surface area contributed by atoms with Crippen molar-refractivity contribution in [3.8, 4) is 0 Å². The second-order valence-corrected chi connectivity index (χ2v) is 7.32. The average Bonchev–Trinajstić information content (AvgIpc) is 3.39. The predicted molar refractivity (Wildman–Crippen MR) is 92.4 cm³/mol. The molecular weight excluding hydrogens is 339 g/mol. The summed E-state index contributed by atoms with van der Waals surface area (Å²) in [6.45, 7) is 0. The molecule has 4 rings (SSSR count). The van der Waals surface area contributed by atoms with Gasteiger partial charge in [0, 0.05) is 5.92 Å². The van der Waals surface area contributed by atoms with Crippen molar-refractivity contribution in [3.05, 3.63) is 71.3 Å². The van der Waals surface area contributed by atoms with Crippen LogP contribution in [-0.2, 0) is 16.5 Å². The molecule has 2 nitrogen and oxygen atoms in total. The van der Waals surface area contributed by atoms with Crippen LogP contribution in [0.2, 0.25) is 0 Å². The standard InChI is InChI=1S/C21H20F3NO/c22-21(23,24)18-10-5-4-9-15(18)16-13-17(16)19(26)25-20(11-6-12-20)14-7-2-1-3-8-14/h1-5,7-10,16-17H,6,11-13H2,(H,25,26)/t16-,17-/m0/s1. The Morgan fingerprint density at radius 1 is 1.00 bits per heavy atom. The van der Waals surface area contributed by atoms with E-state index in [2.05, 4.69) is 5.32 Å². The number of amides is 1. The summed E-state index contributed by atoms with van der Waals surface area (Å²) in [6, 6.07) is 15.4. The number of hydrogen-bond acceptors (Lipinski definition) is 1. The highest BCUT2D eigenvalue weighted by Crippen LogP contribution is 2.52. The van der Waals surface area contributed by atoms with Gasteiger partial charge in [-0.3, -0.25) is 4.79 Å². The van der Waals surface area contributed by atoms with Crippen LogP contribution in [0.15, 0.2) is 54.6 Å². The van der Waals surface area contributed by atoms with Crippen molar-refractivity contribution >= 4 is 5.91 Å². The highest BCUT2D eigenvalue weighted by molar-refractivity contribution is 5.84. The van der Waals surface area contributed by atoms with Gasteiger partial charge in [0.05, 0.1) is 11.1 Å². The fourth-order valence-corrected chi connectivity index (χ4v) is 4.01. The molecule has 0 bridgehead atoms. The summed E-state index contributed by atoms with van der Waals surface area (Å²) >= 11 is 0. The number of hydrogen-bond donors (Lipinski definition) is 1. The average molecular weight is 359 g/mol. The summed E-state index contributed by atoms with van der Waals surface area (Å²) in [5.41, 5.74) is 0.339. The van der Waals surface area contributed by atoms with E-state index < -0.39 is 11.7 Å². The van der Waals surface area contributed by atoms with Crippen molar-refractivity contribution in [2.24, 2.45) is 5.92 Å². The predicted octanol–water partition coefficient (Wildman–Crippen LogP) is 5.00. The number of rotatable bonds is 4. The normalized spacial score (nSPS) is 23.8. The fraction of sp³-hybridized carbons (Fsp3) is 0.381. The van der Waals surface area contributed by atoms with Gasteiger partial charge in [0.1, 0.15) is 0 Å². The molecule has 136 valence electrons. The van der Waals surface area contributed by atoms with Gasteiger partial charge in [-0.15, -0.1) is 0 Å². The molecule has 2 aromatic carbocycles. The summed E-state index contributed by atoms with van der Waals surface area (Å²) < 4.78 is 39.7. The molecule has 26 heavy (non-hydrogen) atoms. The second kappa shape index (κ2) is 6.15. The van der Waals surface area contributed by atoms with E-state index >= 15 is 0 Å². The molecule has 1 N–H and O–H groups in total. The Balaban J connectivity index is 1.50. The van der Waals surface area contributed by atoms with Crippen LogP contribution in [0.3, 0.4) is 0 Å². The Hall–Kier alpha value is -2.30. The third-order valence-electron chi connectivity index (χ3n) is 5.69. The molecule has 2 saturated carbocycles. The first kappa shape index (κ1) is 17.1. The molecule has 0 aromatic heterocycles. The molecule has 5 heteroatoms. The minimum absolute atomic E-state index is 0.129. The van der Waals surface area contributed by atoms with Crippen LogP contribution in [0.25, 0.3) is 0 Å². The summed E-state index contributed by atoms with van der Waals surface area (Å²) in [7, 11) is 0. The van der Waals surface area contributed by atoms with Gasteiger partial charge in [-0.05, 0) is 48.8 Å². The first-order chi connectivity index (χ1) is 12.4. The van der Waals surface area contributed by atoms with E-state index in [0.717, 1.165) is 30.9 Å². The van der Waals surface area contributed by atoms with Gasteiger partial charge >= 0.3 is 6.18 Å². The molecule has 2 atom stereocenters. The van der Waals surface area contributed by atoms with Crippen molar-refractivity contribution < 1.29 is 18.0 Å². The molecule has 0 unspecified atom stereocenters. The van der Waals surface area contributed by atoms with Crippen LogP contribution in [0, 0.1) is 5.92 Å². The maximum Gasteiger partial charge on any atom is 0.416 e. The van der Waals surface area contributed by atoms with E-state index in [0.29, 0.717) is 6.42 Å². The van der Waals surface area contributed by atoms with Crippen molar-refractivity contribution in [2.75, 3.05) is 0 Å². The number of carbonyl (C=O) groups is 1. The molecular formula is C21H20F3NO. The summed E-state index contributed by atoms with van der Waals surface area (Å²) in [6.07, 6.45) is -1.12. The Morgan fingerprint density at radius 2 is 1.65 bits per heavy atom. The Bertz CT molecular complexity index is 812. The third kappa shape index (κ3) is 3.00. The zero-order chi connectivity index (χ0) is 18.4. The van der Waals surface area contributed by atoms with Crippen LogP contribution < -0.4 is 5.32 Å². The van der Waals surface area contributed by atoms with Gasteiger partial charge in [-0.25, -0.2) is 0 Å². The lowest BCUT2D eigenvalue weighted by molar-refractivity contribution is -0.138. The Kier molecular flexibility index (Phi) is 4.05. The molecule has 1 amide bonds. The highest BCUT2D eigenvalue weighted by atomic mass is 19.4. The molecule has 0 heterocycles. The maximum atomic E-state index is 13.2. The first-order valence-electron chi connectivity index (χ1n) is 8.94. The highest BCUT2D eigenvalue weighted by Gasteiger charge is 2.50. The third-order valence-corrected chi connectivity index (χ3v) is 5.69. The van der Waals surface area contributed by atoms with E-state index in [1.54, 1.807) is 6.07 Å². The van der Waals surface area contributed by atoms with Gasteiger partial charge in [-0.1, -0.05) is 48.5 Å². The van der Waals surface area contributed by atoms with Gasteiger partial charge in [0.2, 0.25) is 5.91 Å². The smallest absolute Gasteiger partial charge is 0.346 e. The fourth-order valence-electron chi connectivity index (χ4n) is 4.01. The van der Waals surface area contributed by atoms with Crippen molar-refractivity contribution in [1.82, 2.24) is 5.32 Å². The first-order valence-corrected chi connectivity index (χ1v) is 8.94. The van der Waals surface area contributed by atoms with E-state index in [1.807, 2.05) is 30.3 Å². The van der Waals surface area contributed by atoms with Crippen LogP contribution >= 0.6 is 0 Å². The van der Waals surface area contributed by atoms with Crippen LogP contribution in [0.5, 0.6) is 0 Å². The number of benzene rings is 2. The van der Waals surface area contributed by atoms with E-state index in [-0.39, 0.29) is 28.8 Å². The van der Waals surface area contributed by atoms with E-state index in [1.165, 1.54) is 12.1 Å². The maximum absolute atomic E-state index is 13.2. The summed E-state index contributed by atoms with van der Waals surface area (Å²) in [5.74, 6) is -0.851. The minimum Gasteiger partial charge on any atom is -0.346 e. The van der Waals surface area contributed by atoms with Gasteiger partial charge in [-0.2, -0.15) is 13.2 Å². The zero-order valence-corrected chi connectivity index (χ0v) is 14.2. The number of nitrogens with one attached hydrogen (secondary N) is 1. The van der Waals surface area contributed by atoms with Crippen molar-refractivity contribution in [2.45, 2.75) is 43.3 Å². The van der Waals surface area contributed by atoms with Gasteiger partial charge in [0.25, 0.3) is 0 Å². The molecule has 0 radical (unpaired) electrons. The van der Waals surface area contributed by atoms with Gasteiger partial charge < -0.3 is 5.32 Å². The van der Waals surface area contributed by atoms with Gasteiger partial charge in [0.15, 0.2) is 0 Å². The van der Waals surface area contributed by atoms with E-state index in [4.69, 9.17) is 0 Å².